The largest absolute Gasteiger partial charge is 0.462 e. The average molecular weight is 917 g/mol. The van der Waals surface area contributed by atoms with E-state index in [9.17, 15) is 14.4 Å². The van der Waals surface area contributed by atoms with E-state index in [4.69, 9.17) is 14.2 Å². The molecule has 0 N–H and O–H groups in total. The number of carbonyl (C=O) groups is 3. The summed E-state index contributed by atoms with van der Waals surface area (Å²) in [6.07, 6.45) is 71.1. The molecule has 0 saturated carbocycles. The third-order valence-electron chi connectivity index (χ3n) is 11.5. The highest BCUT2D eigenvalue weighted by molar-refractivity contribution is 5.71. The molecular weight excluding hydrogens is 817 g/mol. The van der Waals surface area contributed by atoms with Crippen molar-refractivity contribution in [3.05, 3.63) is 97.2 Å². The first-order valence-electron chi connectivity index (χ1n) is 27.3. The van der Waals surface area contributed by atoms with Crippen molar-refractivity contribution in [2.45, 2.75) is 252 Å². The molecule has 0 aliphatic carbocycles. The zero-order valence-electron chi connectivity index (χ0n) is 42.9. The number of carbonyl (C=O) groups excluding carboxylic acids is 3. The van der Waals surface area contributed by atoms with Gasteiger partial charge in [-0.3, -0.25) is 14.4 Å². The number of allylic oxidation sites excluding steroid dienone is 16. The number of esters is 3. The van der Waals surface area contributed by atoms with Crippen LogP contribution in [0.2, 0.25) is 0 Å². The first-order valence-corrected chi connectivity index (χ1v) is 27.3. The second-order valence-electron chi connectivity index (χ2n) is 17.9. The van der Waals surface area contributed by atoms with Crippen LogP contribution in [-0.2, 0) is 28.6 Å². The van der Waals surface area contributed by atoms with Crippen LogP contribution in [0.4, 0.5) is 0 Å². The minimum absolute atomic E-state index is 0.0978. The molecule has 0 heterocycles. The predicted octanol–water partition coefficient (Wildman–Crippen LogP) is 18.1. The van der Waals surface area contributed by atoms with Crippen molar-refractivity contribution in [1.29, 1.82) is 0 Å². The third kappa shape index (κ3) is 51.3. The molecule has 66 heavy (non-hydrogen) atoms. The van der Waals surface area contributed by atoms with E-state index < -0.39 is 6.10 Å². The molecule has 6 heteroatoms. The average Bonchev–Trinajstić information content (AvgIpc) is 3.31. The molecule has 0 amide bonds. The van der Waals surface area contributed by atoms with Crippen LogP contribution in [0.25, 0.3) is 0 Å². The van der Waals surface area contributed by atoms with E-state index in [1.807, 2.05) is 72.9 Å². The summed E-state index contributed by atoms with van der Waals surface area (Å²) in [5, 5.41) is 0. The van der Waals surface area contributed by atoms with Crippen LogP contribution in [0, 0.1) is 0 Å². The second kappa shape index (κ2) is 53.9. The topological polar surface area (TPSA) is 78.9 Å². The van der Waals surface area contributed by atoms with Crippen LogP contribution in [0.15, 0.2) is 97.2 Å². The Balaban J connectivity index is 4.42. The fourth-order valence-electron chi connectivity index (χ4n) is 7.41. The highest BCUT2D eigenvalue weighted by Gasteiger charge is 2.19. The molecule has 0 aliphatic heterocycles. The molecule has 376 valence electrons. The van der Waals surface area contributed by atoms with Crippen LogP contribution in [0.1, 0.15) is 245 Å². The monoisotopic (exact) mass is 917 g/mol. The molecule has 1 atom stereocenters. The van der Waals surface area contributed by atoms with E-state index in [-0.39, 0.29) is 31.1 Å². The molecule has 6 nitrogen and oxygen atoms in total. The van der Waals surface area contributed by atoms with Crippen molar-refractivity contribution >= 4 is 17.9 Å². The van der Waals surface area contributed by atoms with Gasteiger partial charge in [-0.05, 0) is 57.8 Å². The highest BCUT2D eigenvalue weighted by Crippen LogP contribution is 2.16. The second-order valence-corrected chi connectivity index (χ2v) is 17.9. The Morgan fingerprint density at radius 3 is 1.03 bits per heavy atom. The van der Waals surface area contributed by atoms with Crippen molar-refractivity contribution in [3.63, 3.8) is 0 Å². The van der Waals surface area contributed by atoms with E-state index in [1.54, 1.807) is 0 Å². The summed E-state index contributed by atoms with van der Waals surface area (Å²) in [5.41, 5.74) is 0. The summed E-state index contributed by atoms with van der Waals surface area (Å²) in [4.78, 5) is 38.0. The van der Waals surface area contributed by atoms with E-state index >= 15 is 0 Å². The minimum Gasteiger partial charge on any atom is -0.462 e. The Morgan fingerprint density at radius 1 is 0.318 bits per heavy atom. The maximum Gasteiger partial charge on any atom is 0.306 e. The fourth-order valence-corrected chi connectivity index (χ4v) is 7.41. The molecule has 0 rings (SSSR count). The molecule has 0 bridgehead atoms. The van der Waals surface area contributed by atoms with Crippen LogP contribution >= 0.6 is 0 Å². The third-order valence-corrected chi connectivity index (χ3v) is 11.5. The smallest absolute Gasteiger partial charge is 0.306 e. The first kappa shape index (κ1) is 62.3. The first-order chi connectivity index (χ1) is 32.5. The van der Waals surface area contributed by atoms with Gasteiger partial charge in [-0.25, -0.2) is 0 Å². The normalized spacial score (nSPS) is 12.8. The summed E-state index contributed by atoms with van der Waals surface area (Å²) in [6, 6.07) is 0. The van der Waals surface area contributed by atoms with Gasteiger partial charge in [-0.2, -0.15) is 0 Å². The van der Waals surface area contributed by atoms with Crippen LogP contribution in [0.5, 0.6) is 0 Å². The molecular formula is C60H100O6. The van der Waals surface area contributed by atoms with Crippen molar-refractivity contribution in [2.24, 2.45) is 0 Å². The van der Waals surface area contributed by atoms with Gasteiger partial charge in [0, 0.05) is 19.3 Å². The van der Waals surface area contributed by atoms with E-state index in [2.05, 4.69) is 45.1 Å². The lowest BCUT2D eigenvalue weighted by Crippen LogP contribution is -2.30. The summed E-state index contributed by atoms with van der Waals surface area (Å²) in [6.45, 7) is 6.41. The van der Waals surface area contributed by atoms with E-state index in [0.29, 0.717) is 19.3 Å². The number of hydrogen-bond acceptors (Lipinski definition) is 6. The van der Waals surface area contributed by atoms with Gasteiger partial charge in [0.05, 0.1) is 0 Å². The Bertz CT molecular complexity index is 1330. The van der Waals surface area contributed by atoms with Gasteiger partial charge < -0.3 is 14.2 Å². The van der Waals surface area contributed by atoms with Gasteiger partial charge in [0.15, 0.2) is 6.10 Å². The summed E-state index contributed by atoms with van der Waals surface area (Å²) < 4.78 is 16.8. The Labute approximate surface area is 407 Å². The molecule has 0 aliphatic rings. The van der Waals surface area contributed by atoms with E-state index in [0.717, 1.165) is 89.9 Å². The number of hydrogen-bond donors (Lipinski definition) is 0. The molecule has 0 fully saturated rings. The summed E-state index contributed by atoms with van der Waals surface area (Å²) >= 11 is 0. The fraction of sp³-hybridized carbons (Fsp3) is 0.683. The SMILES string of the molecule is CC\C=C/C=C\C=C/C=C\C=C\C=C/C=C\CCCCCC(=O)OCC(COC(=O)CCCCCC/C=C\CCCC)OC(=O)CCCCCCCCCCCCCCCCCCCCC. The lowest BCUT2D eigenvalue weighted by Gasteiger charge is -2.18. The van der Waals surface area contributed by atoms with Crippen molar-refractivity contribution < 1.29 is 28.6 Å². The maximum absolute atomic E-state index is 12.8. The van der Waals surface area contributed by atoms with Gasteiger partial charge in [-0.1, -0.05) is 266 Å². The van der Waals surface area contributed by atoms with Gasteiger partial charge in [0.25, 0.3) is 0 Å². The molecule has 0 aromatic heterocycles. The number of rotatable bonds is 48. The van der Waals surface area contributed by atoms with Crippen LogP contribution in [-0.4, -0.2) is 37.2 Å². The molecule has 0 radical (unpaired) electrons. The molecule has 0 aromatic rings. The molecule has 0 spiro atoms. The van der Waals surface area contributed by atoms with Crippen molar-refractivity contribution in [3.8, 4) is 0 Å². The lowest BCUT2D eigenvalue weighted by molar-refractivity contribution is -0.167. The maximum atomic E-state index is 12.8. The Kier molecular flexibility index (Phi) is 50.9. The summed E-state index contributed by atoms with van der Waals surface area (Å²) in [7, 11) is 0. The Morgan fingerprint density at radius 2 is 0.621 bits per heavy atom. The number of ether oxygens (including phenoxy) is 3. The number of unbranched alkanes of at least 4 members (excludes halogenated alkanes) is 27. The van der Waals surface area contributed by atoms with Gasteiger partial charge in [0.1, 0.15) is 13.2 Å². The quantitative estimate of drug-likeness (QED) is 0.0199. The highest BCUT2D eigenvalue weighted by atomic mass is 16.6. The van der Waals surface area contributed by atoms with E-state index in [1.165, 1.54) is 116 Å². The van der Waals surface area contributed by atoms with Gasteiger partial charge in [-0.15, -0.1) is 0 Å². The van der Waals surface area contributed by atoms with Crippen LogP contribution in [0.3, 0.4) is 0 Å². The Hall–Kier alpha value is -3.67. The van der Waals surface area contributed by atoms with Crippen molar-refractivity contribution in [2.75, 3.05) is 13.2 Å². The predicted molar refractivity (Wildman–Crippen MR) is 284 cm³/mol. The molecule has 1 unspecified atom stereocenters. The van der Waals surface area contributed by atoms with Crippen molar-refractivity contribution in [1.82, 2.24) is 0 Å². The standard InChI is InChI=1S/C60H100O6/c1-4-7-10-13-16-19-22-24-26-28-30-32-34-36-38-41-44-47-50-53-59(62)65-56-57(55-64-58(61)52-49-46-43-40-21-18-15-12-9-6-3)66-60(63)54-51-48-45-42-39-37-35-33-31-29-27-25-23-20-17-14-11-8-5-2/h7,10,13,15-16,18-19,22,24,26,28,30,32,34,36,38,57H,4-6,8-9,11-12,14,17,20-21,23,25,27,29,31,33,35,37,39-56H2,1-3H3/b10-7-,16-13-,18-15-,22-19-,26-24-,30-28+,34-32-,38-36-. The zero-order chi connectivity index (χ0) is 47.9. The zero-order valence-corrected chi connectivity index (χ0v) is 42.9. The summed E-state index contributed by atoms with van der Waals surface area (Å²) in [5.74, 6) is -0.954. The van der Waals surface area contributed by atoms with Gasteiger partial charge in [0.2, 0.25) is 0 Å². The molecule has 0 saturated heterocycles. The minimum atomic E-state index is -0.800. The van der Waals surface area contributed by atoms with Crippen LogP contribution < -0.4 is 0 Å². The molecule has 0 aromatic carbocycles. The van der Waals surface area contributed by atoms with Gasteiger partial charge >= 0.3 is 17.9 Å². The lowest BCUT2D eigenvalue weighted by atomic mass is 10.0.